The van der Waals surface area contributed by atoms with Gasteiger partial charge in [-0.25, -0.2) is 0 Å². The minimum absolute atomic E-state index is 0.0945. The lowest BCUT2D eigenvalue weighted by molar-refractivity contribution is -0.117. The molecule has 3 N–H and O–H groups in total. The first-order valence-electron chi connectivity index (χ1n) is 6.78. The number of anilines is 1. The van der Waals surface area contributed by atoms with E-state index in [0.29, 0.717) is 11.6 Å². The summed E-state index contributed by atoms with van der Waals surface area (Å²) in [6.45, 7) is 6.05. The lowest BCUT2D eigenvalue weighted by Gasteiger charge is -2.26. The molecule has 1 aromatic carbocycles. The summed E-state index contributed by atoms with van der Waals surface area (Å²) in [6.07, 6.45) is 1.56. The summed E-state index contributed by atoms with van der Waals surface area (Å²) in [7, 11) is 0. The third-order valence-corrected chi connectivity index (χ3v) is 3.29. The Bertz CT molecular complexity index is 585. The first kappa shape index (κ1) is 15.2. The molecule has 112 valence electrons. The van der Waals surface area contributed by atoms with Crippen LogP contribution >= 0.6 is 0 Å². The van der Waals surface area contributed by atoms with Crippen molar-refractivity contribution in [2.24, 2.45) is 11.1 Å². The van der Waals surface area contributed by atoms with Gasteiger partial charge in [0.25, 0.3) is 0 Å². The van der Waals surface area contributed by atoms with E-state index in [9.17, 15) is 4.79 Å². The van der Waals surface area contributed by atoms with Crippen molar-refractivity contribution < 1.29 is 9.21 Å². The Balaban J connectivity index is 1.96. The van der Waals surface area contributed by atoms with E-state index < -0.39 is 0 Å². The number of hydrogen-bond acceptors (Lipinski definition) is 5. The highest BCUT2D eigenvalue weighted by Crippen LogP contribution is 2.21. The number of carbonyl (C=O) groups excluding carboxylic acids is 1. The number of nitrogens with zero attached hydrogens (tertiary/aromatic N) is 2. The van der Waals surface area contributed by atoms with Crippen LogP contribution < -0.4 is 11.1 Å². The Hall–Kier alpha value is -2.21. The molecule has 0 bridgehead atoms. The van der Waals surface area contributed by atoms with Crippen molar-refractivity contribution in [1.29, 1.82) is 0 Å². The fourth-order valence-corrected chi connectivity index (χ4v) is 1.71. The molecule has 6 nitrogen and oxygen atoms in total. The van der Waals surface area contributed by atoms with E-state index in [1.54, 1.807) is 12.1 Å². The SMILES string of the molecule is CC(C)(C)C(N)CC(=O)Nc1ccc(-c2nnco2)cc1. The Morgan fingerprint density at radius 3 is 2.52 bits per heavy atom. The predicted octanol–water partition coefficient (Wildman–Crippen LogP) is 2.44. The van der Waals surface area contributed by atoms with E-state index in [1.165, 1.54) is 6.39 Å². The molecule has 0 aliphatic carbocycles. The maximum Gasteiger partial charge on any atom is 0.247 e. The van der Waals surface area contributed by atoms with Gasteiger partial charge < -0.3 is 15.5 Å². The molecule has 1 aromatic heterocycles. The van der Waals surface area contributed by atoms with Crippen LogP contribution in [-0.2, 0) is 4.79 Å². The van der Waals surface area contributed by atoms with Crippen molar-refractivity contribution in [1.82, 2.24) is 10.2 Å². The molecule has 0 saturated carbocycles. The molecular weight excluding hydrogens is 268 g/mol. The molecule has 0 fully saturated rings. The van der Waals surface area contributed by atoms with Crippen molar-refractivity contribution in [3.63, 3.8) is 0 Å². The van der Waals surface area contributed by atoms with E-state index >= 15 is 0 Å². The summed E-state index contributed by atoms with van der Waals surface area (Å²) in [4.78, 5) is 12.0. The molecule has 0 aliphatic heterocycles. The molecule has 1 heterocycles. The third kappa shape index (κ3) is 4.13. The first-order valence-corrected chi connectivity index (χ1v) is 6.78. The van der Waals surface area contributed by atoms with E-state index in [4.69, 9.17) is 10.2 Å². The van der Waals surface area contributed by atoms with Gasteiger partial charge >= 0.3 is 0 Å². The zero-order valence-corrected chi connectivity index (χ0v) is 12.5. The van der Waals surface area contributed by atoms with Gasteiger partial charge in [0, 0.05) is 23.7 Å². The Morgan fingerprint density at radius 2 is 2.00 bits per heavy atom. The van der Waals surface area contributed by atoms with E-state index in [-0.39, 0.29) is 23.8 Å². The summed E-state index contributed by atoms with van der Waals surface area (Å²) in [5.41, 5.74) is 7.42. The van der Waals surface area contributed by atoms with Crippen LogP contribution in [-0.4, -0.2) is 22.1 Å². The number of hydrogen-bond donors (Lipinski definition) is 2. The second-order valence-electron chi connectivity index (χ2n) is 6.05. The summed E-state index contributed by atoms with van der Waals surface area (Å²) in [5.74, 6) is 0.352. The van der Waals surface area contributed by atoms with E-state index in [1.807, 2.05) is 32.9 Å². The van der Waals surface area contributed by atoms with Gasteiger partial charge in [-0.15, -0.1) is 10.2 Å². The Labute approximate surface area is 123 Å². The van der Waals surface area contributed by atoms with Gasteiger partial charge in [-0.1, -0.05) is 20.8 Å². The second kappa shape index (κ2) is 6.05. The largest absolute Gasteiger partial charge is 0.423 e. The minimum atomic E-state index is -0.185. The molecule has 0 saturated heterocycles. The van der Waals surface area contributed by atoms with Crippen LogP contribution in [0.1, 0.15) is 27.2 Å². The summed E-state index contributed by atoms with van der Waals surface area (Å²) >= 11 is 0. The van der Waals surface area contributed by atoms with Crippen molar-refractivity contribution in [3.8, 4) is 11.5 Å². The van der Waals surface area contributed by atoms with Gasteiger partial charge in [-0.2, -0.15) is 0 Å². The lowest BCUT2D eigenvalue weighted by atomic mass is 9.85. The van der Waals surface area contributed by atoms with Crippen molar-refractivity contribution in [3.05, 3.63) is 30.7 Å². The van der Waals surface area contributed by atoms with Gasteiger partial charge in [0.15, 0.2) is 0 Å². The molecule has 1 amide bonds. The van der Waals surface area contributed by atoms with E-state index in [0.717, 1.165) is 5.56 Å². The molecule has 1 unspecified atom stereocenters. The van der Waals surface area contributed by atoms with Gasteiger partial charge in [0.2, 0.25) is 18.2 Å². The summed E-state index contributed by atoms with van der Waals surface area (Å²) in [5, 5.41) is 10.3. The summed E-state index contributed by atoms with van der Waals surface area (Å²) < 4.78 is 5.10. The molecule has 2 rings (SSSR count). The zero-order chi connectivity index (χ0) is 15.5. The third-order valence-electron chi connectivity index (χ3n) is 3.29. The highest BCUT2D eigenvalue weighted by molar-refractivity contribution is 5.91. The van der Waals surface area contributed by atoms with Crippen LogP contribution in [0.5, 0.6) is 0 Å². The minimum Gasteiger partial charge on any atom is -0.423 e. The van der Waals surface area contributed by atoms with Gasteiger partial charge in [0.05, 0.1) is 0 Å². The number of benzene rings is 1. The molecule has 21 heavy (non-hydrogen) atoms. The average Bonchev–Trinajstić information content (AvgIpc) is 2.92. The monoisotopic (exact) mass is 288 g/mol. The fraction of sp³-hybridized carbons (Fsp3) is 0.400. The molecule has 0 radical (unpaired) electrons. The molecule has 1 atom stereocenters. The Kier molecular flexibility index (Phi) is 4.37. The normalized spacial score (nSPS) is 13.0. The van der Waals surface area contributed by atoms with Crippen LogP contribution in [0.2, 0.25) is 0 Å². The maximum absolute atomic E-state index is 12.0. The second-order valence-corrected chi connectivity index (χ2v) is 6.05. The lowest BCUT2D eigenvalue weighted by Crippen LogP contribution is -2.38. The Morgan fingerprint density at radius 1 is 1.33 bits per heavy atom. The molecule has 0 aliphatic rings. The number of amides is 1. The smallest absolute Gasteiger partial charge is 0.247 e. The summed E-state index contributed by atoms with van der Waals surface area (Å²) in [6, 6.07) is 7.02. The molecule has 2 aromatic rings. The average molecular weight is 288 g/mol. The van der Waals surface area contributed by atoms with Crippen molar-refractivity contribution >= 4 is 11.6 Å². The topological polar surface area (TPSA) is 94.0 Å². The maximum atomic E-state index is 12.0. The van der Waals surface area contributed by atoms with E-state index in [2.05, 4.69) is 15.5 Å². The predicted molar refractivity (Wildman–Crippen MR) is 80.4 cm³/mol. The quantitative estimate of drug-likeness (QED) is 0.901. The van der Waals surface area contributed by atoms with Crippen molar-refractivity contribution in [2.75, 3.05) is 5.32 Å². The van der Waals surface area contributed by atoms with Crippen LogP contribution in [0.25, 0.3) is 11.5 Å². The van der Waals surface area contributed by atoms with Crippen LogP contribution in [0, 0.1) is 5.41 Å². The molecule has 6 heteroatoms. The first-order chi connectivity index (χ1) is 9.86. The van der Waals surface area contributed by atoms with Gasteiger partial charge in [0.1, 0.15) is 0 Å². The highest BCUT2D eigenvalue weighted by Gasteiger charge is 2.23. The highest BCUT2D eigenvalue weighted by atomic mass is 16.4. The van der Waals surface area contributed by atoms with Crippen LogP contribution in [0.15, 0.2) is 35.1 Å². The van der Waals surface area contributed by atoms with Gasteiger partial charge in [-0.05, 0) is 29.7 Å². The number of rotatable bonds is 4. The van der Waals surface area contributed by atoms with Crippen LogP contribution in [0.4, 0.5) is 5.69 Å². The molecule has 0 spiro atoms. The fourth-order valence-electron chi connectivity index (χ4n) is 1.71. The van der Waals surface area contributed by atoms with Gasteiger partial charge in [-0.3, -0.25) is 4.79 Å². The van der Waals surface area contributed by atoms with Crippen LogP contribution in [0.3, 0.4) is 0 Å². The molecular formula is C15H20N4O2. The number of aromatic nitrogens is 2. The number of nitrogens with one attached hydrogen (secondary N) is 1. The standard InChI is InChI=1S/C15H20N4O2/c1-15(2,3)12(16)8-13(20)18-11-6-4-10(5-7-11)14-19-17-9-21-14/h4-7,9,12H,8,16H2,1-3H3,(H,18,20). The number of nitrogens with two attached hydrogens (primary N) is 1. The zero-order valence-electron chi connectivity index (χ0n) is 12.5. The number of carbonyl (C=O) groups is 1. The van der Waals surface area contributed by atoms with Crippen molar-refractivity contribution in [2.45, 2.75) is 33.2 Å².